The zero-order valence-corrected chi connectivity index (χ0v) is 7.73. The van der Waals surface area contributed by atoms with Crippen molar-refractivity contribution in [3.63, 3.8) is 0 Å². The molecule has 2 aromatic rings. The average Bonchev–Trinajstić information content (AvgIpc) is 2.60. The first-order valence-corrected chi connectivity index (χ1v) is 4.17. The Morgan fingerprint density at radius 2 is 2.43 bits per heavy atom. The highest BCUT2D eigenvalue weighted by Crippen LogP contribution is 2.13. The highest BCUT2D eigenvalue weighted by Gasteiger charge is 2.06. The van der Waals surface area contributed by atoms with E-state index in [9.17, 15) is 0 Å². The fourth-order valence-corrected chi connectivity index (χ4v) is 1.11. The largest absolute Gasteiger partial charge is 0.397 e. The van der Waals surface area contributed by atoms with Crippen LogP contribution in [0, 0.1) is 0 Å². The lowest BCUT2D eigenvalue weighted by Crippen LogP contribution is -2.26. The van der Waals surface area contributed by atoms with Crippen LogP contribution in [-0.2, 0) is 0 Å². The molecule has 0 radical (unpaired) electrons. The number of nitrogen functional groups attached to an aromatic ring is 1. The van der Waals surface area contributed by atoms with E-state index in [2.05, 4.69) is 26.0 Å². The second-order valence-electron chi connectivity index (χ2n) is 2.76. The minimum absolute atomic E-state index is 0.576. The van der Waals surface area contributed by atoms with Gasteiger partial charge in [-0.15, -0.1) is 9.89 Å². The van der Waals surface area contributed by atoms with E-state index in [1.807, 2.05) is 7.05 Å². The zero-order valence-electron chi connectivity index (χ0n) is 7.73. The number of nitrogens with one attached hydrogen (secondary N) is 2. The van der Waals surface area contributed by atoms with Crippen LogP contribution >= 0.6 is 0 Å². The maximum absolute atomic E-state index is 5.70. The zero-order chi connectivity index (χ0) is 9.97. The van der Waals surface area contributed by atoms with E-state index in [1.54, 1.807) is 12.3 Å². The van der Waals surface area contributed by atoms with Gasteiger partial charge < -0.3 is 11.1 Å². The first kappa shape index (κ1) is 8.70. The van der Waals surface area contributed by atoms with Crippen LogP contribution in [0.5, 0.6) is 0 Å². The van der Waals surface area contributed by atoms with Gasteiger partial charge >= 0.3 is 0 Å². The van der Waals surface area contributed by atoms with Crippen LogP contribution in [0.3, 0.4) is 0 Å². The molecule has 7 heteroatoms. The third kappa shape index (κ3) is 1.33. The van der Waals surface area contributed by atoms with Gasteiger partial charge in [0.1, 0.15) is 0 Å². The molecule has 0 amide bonds. The van der Waals surface area contributed by atoms with Crippen molar-refractivity contribution in [2.24, 2.45) is 0 Å². The number of pyridine rings is 1. The van der Waals surface area contributed by atoms with Crippen molar-refractivity contribution in [3.8, 4) is 0 Å². The number of hydrogen-bond acceptors (Lipinski definition) is 6. The van der Waals surface area contributed by atoms with Crippen LogP contribution in [0.15, 0.2) is 12.3 Å². The molecule has 0 aliphatic heterocycles. The summed E-state index contributed by atoms with van der Waals surface area (Å²) in [7, 11) is 1.83. The monoisotopic (exact) mass is 193 g/mol. The number of hydrogen-bond donors (Lipinski definition) is 3. The summed E-state index contributed by atoms with van der Waals surface area (Å²) in [4.78, 5) is 5.61. The molecule has 0 saturated heterocycles. The molecule has 0 saturated carbocycles. The molecule has 0 spiro atoms. The van der Waals surface area contributed by atoms with Crippen molar-refractivity contribution in [3.05, 3.63) is 12.3 Å². The van der Waals surface area contributed by atoms with Gasteiger partial charge in [0.15, 0.2) is 5.52 Å². The molecule has 2 rings (SSSR count). The molecule has 2 aromatic heterocycles. The predicted molar refractivity (Wildman–Crippen MR) is 53.0 cm³/mol. The Morgan fingerprint density at radius 1 is 1.57 bits per heavy atom. The molecule has 0 aromatic carbocycles. The SMILES string of the molecule is CNCNn1nnc2c(N)ccnc21. The second kappa shape index (κ2) is 3.46. The number of aromatic nitrogens is 4. The van der Waals surface area contributed by atoms with Gasteiger partial charge in [-0.25, -0.2) is 4.98 Å². The standard InChI is InChI=1S/C7H11N7/c1-9-4-11-14-7-6(12-13-14)5(8)2-3-10-7/h2-3,9,11H,4H2,1H3,(H2,8,10). The fourth-order valence-electron chi connectivity index (χ4n) is 1.11. The lowest BCUT2D eigenvalue weighted by atomic mass is 10.4. The van der Waals surface area contributed by atoms with Gasteiger partial charge in [-0.05, 0) is 18.3 Å². The minimum Gasteiger partial charge on any atom is -0.397 e. The highest BCUT2D eigenvalue weighted by atomic mass is 15.6. The summed E-state index contributed by atoms with van der Waals surface area (Å²) < 4.78 is 0. The van der Waals surface area contributed by atoms with Gasteiger partial charge in [0, 0.05) is 6.20 Å². The lowest BCUT2D eigenvalue weighted by molar-refractivity contribution is 0.673. The van der Waals surface area contributed by atoms with Crippen LogP contribution in [0.2, 0.25) is 0 Å². The first-order chi connectivity index (χ1) is 6.83. The van der Waals surface area contributed by atoms with E-state index in [0.717, 1.165) is 0 Å². The normalized spacial score (nSPS) is 10.6. The second-order valence-corrected chi connectivity index (χ2v) is 2.76. The van der Waals surface area contributed by atoms with E-state index in [0.29, 0.717) is 23.5 Å². The van der Waals surface area contributed by atoms with Gasteiger partial charge in [0.05, 0.1) is 12.4 Å². The predicted octanol–water partition coefficient (Wildman–Crippen LogP) is -0.871. The maximum atomic E-state index is 5.70. The number of rotatable bonds is 3. The average molecular weight is 193 g/mol. The third-order valence-electron chi connectivity index (χ3n) is 1.78. The molecule has 74 valence electrons. The lowest BCUT2D eigenvalue weighted by Gasteiger charge is -2.03. The van der Waals surface area contributed by atoms with E-state index in [-0.39, 0.29) is 0 Å². The van der Waals surface area contributed by atoms with Crippen molar-refractivity contribution in [2.45, 2.75) is 0 Å². The molecule has 0 unspecified atom stereocenters. The Kier molecular flexibility index (Phi) is 2.15. The van der Waals surface area contributed by atoms with Crippen molar-refractivity contribution < 1.29 is 0 Å². The Morgan fingerprint density at radius 3 is 3.21 bits per heavy atom. The molecule has 0 fully saturated rings. The van der Waals surface area contributed by atoms with Crippen molar-refractivity contribution in [1.29, 1.82) is 0 Å². The van der Waals surface area contributed by atoms with Crippen LogP contribution in [-0.4, -0.2) is 33.8 Å². The number of anilines is 1. The first-order valence-electron chi connectivity index (χ1n) is 4.17. The summed E-state index contributed by atoms with van der Waals surface area (Å²) in [6.45, 7) is 0.578. The highest BCUT2D eigenvalue weighted by molar-refractivity contribution is 5.82. The smallest absolute Gasteiger partial charge is 0.203 e. The van der Waals surface area contributed by atoms with Crippen molar-refractivity contribution in [1.82, 2.24) is 25.4 Å². The third-order valence-corrected chi connectivity index (χ3v) is 1.78. The van der Waals surface area contributed by atoms with E-state index in [4.69, 9.17) is 5.73 Å². The van der Waals surface area contributed by atoms with Crippen molar-refractivity contribution in [2.75, 3.05) is 24.9 Å². The summed E-state index contributed by atoms with van der Waals surface area (Å²) >= 11 is 0. The van der Waals surface area contributed by atoms with Crippen LogP contribution in [0.4, 0.5) is 5.69 Å². The quantitative estimate of drug-likeness (QED) is 0.548. The van der Waals surface area contributed by atoms with Gasteiger partial charge in [0.25, 0.3) is 0 Å². The summed E-state index contributed by atoms with van der Waals surface area (Å²) in [5.41, 5.74) is 10.5. The van der Waals surface area contributed by atoms with Crippen molar-refractivity contribution >= 4 is 16.9 Å². The van der Waals surface area contributed by atoms with E-state index < -0.39 is 0 Å². The molecule has 0 aliphatic rings. The van der Waals surface area contributed by atoms with E-state index >= 15 is 0 Å². The Hall–Kier alpha value is -1.89. The van der Waals surface area contributed by atoms with Crippen LogP contribution in [0.25, 0.3) is 11.2 Å². The summed E-state index contributed by atoms with van der Waals surface area (Å²) in [6.07, 6.45) is 1.62. The molecule has 2 heterocycles. The molecular weight excluding hydrogens is 182 g/mol. The van der Waals surface area contributed by atoms with Gasteiger partial charge in [-0.2, -0.15) is 0 Å². The number of fused-ring (bicyclic) bond motifs is 1. The summed E-state index contributed by atoms with van der Waals surface area (Å²) in [5, 5.41) is 10.7. The Labute approximate surface area is 80.3 Å². The van der Waals surface area contributed by atoms with Gasteiger partial charge in [0.2, 0.25) is 5.65 Å². The molecule has 0 atom stereocenters. The Bertz CT molecular complexity index is 435. The molecule has 0 aliphatic carbocycles. The maximum Gasteiger partial charge on any atom is 0.203 e. The topological polar surface area (TPSA) is 93.7 Å². The molecule has 14 heavy (non-hydrogen) atoms. The molecule has 0 bridgehead atoms. The number of nitrogens with zero attached hydrogens (tertiary/aromatic N) is 4. The van der Waals surface area contributed by atoms with Crippen LogP contribution < -0.4 is 16.5 Å². The summed E-state index contributed by atoms with van der Waals surface area (Å²) in [6, 6.07) is 1.69. The van der Waals surface area contributed by atoms with Gasteiger partial charge in [-0.3, -0.25) is 5.43 Å². The minimum atomic E-state index is 0.576. The van der Waals surface area contributed by atoms with Gasteiger partial charge in [-0.1, -0.05) is 0 Å². The van der Waals surface area contributed by atoms with Crippen LogP contribution in [0.1, 0.15) is 0 Å². The molecule has 4 N–H and O–H groups in total. The molecular formula is C7H11N7. The number of nitrogens with two attached hydrogens (primary N) is 1. The molecule has 7 nitrogen and oxygen atoms in total. The Balaban J connectivity index is 2.42. The summed E-state index contributed by atoms with van der Waals surface area (Å²) in [5.74, 6) is 0. The fraction of sp³-hybridized carbons (Fsp3) is 0.286. The van der Waals surface area contributed by atoms with E-state index in [1.165, 1.54) is 4.79 Å².